The quantitative estimate of drug-likeness (QED) is 0.783. The van der Waals surface area contributed by atoms with E-state index in [2.05, 4.69) is 37.4 Å². The molecule has 1 N–H and O–H groups in total. The average molecular weight is 233 g/mol. The maximum atomic E-state index is 5.62. The lowest BCUT2D eigenvalue weighted by Gasteiger charge is -2.12. The minimum absolute atomic E-state index is 0.524. The van der Waals surface area contributed by atoms with E-state index >= 15 is 0 Å². The second kappa shape index (κ2) is 6.06. The first kappa shape index (κ1) is 12.4. The Morgan fingerprint density at radius 3 is 3.00 bits per heavy atom. The van der Waals surface area contributed by atoms with Gasteiger partial charge in [0.1, 0.15) is 0 Å². The summed E-state index contributed by atoms with van der Waals surface area (Å²) in [5.74, 6) is 0. The molecule has 1 aromatic rings. The fraction of sp³-hybridized carbons (Fsp3) is 0.600. The zero-order valence-corrected chi connectivity index (χ0v) is 11.0. The number of anilines is 1. The van der Waals surface area contributed by atoms with Crippen molar-refractivity contribution in [2.75, 3.05) is 18.5 Å². The van der Waals surface area contributed by atoms with Crippen molar-refractivity contribution in [2.45, 2.75) is 45.6 Å². The number of aryl methyl sites for hydroxylation is 2. The van der Waals surface area contributed by atoms with Crippen molar-refractivity contribution in [2.24, 2.45) is 0 Å². The van der Waals surface area contributed by atoms with E-state index in [9.17, 15) is 0 Å². The van der Waals surface area contributed by atoms with Crippen LogP contribution in [0.3, 0.4) is 0 Å². The topological polar surface area (TPSA) is 21.3 Å². The van der Waals surface area contributed by atoms with Crippen LogP contribution in [0.5, 0.6) is 0 Å². The molecular formula is C15H23NO. The molecule has 1 heterocycles. The van der Waals surface area contributed by atoms with Gasteiger partial charge in [0.05, 0.1) is 6.10 Å². The van der Waals surface area contributed by atoms with E-state index in [-0.39, 0.29) is 0 Å². The SMILES string of the molecule is Cc1ccc(C)c(NCCCC2CCCO2)c1. The summed E-state index contributed by atoms with van der Waals surface area (Å²) in [6, 6.07) is 6.56. The van der Waals surface area contributed by atoms with Gasteiger partial charge in [-0.2, -0.15) is 0 Å². The summed E-state index contributed by atoms with van der Waals surface area (Å²) in [6.45, 7) is 6.30. The van der Waals surface area contributed by atoms with Crippen molar-refractivity contribution in [3.8, 4) is 0 Å². The second-order valence-electron chi connectivity index (χ2n) is 5.02. The molecule has 1 unspecified atom stereocenters. The molecule has 2 rings (SSSR count). The van der Waals surface area contributed by atoms with E-state index in [0.717, 1.165) is 13.2 Å². The smallest absolute Gasteiger partial charge is 0.0576 e. The van der Waals surface area contributed by atoms with Crippen molar-refractivity contribution >= 4 is 5.69 Å². The molecule has 94 valence electrons. The van der Waals surface area contributed by atoms with Crippen LogP contribution >= 0.6 is 0 Å². The average Bonchev–Trinajstić information content (AvgIpc) is 2.82. The molecule has 0 aliphatic carbocycles. The first-order valence-electron chi connectivity index (χ1n) is 6.68. The normalized spacial score (nSPS) is 19.5. The van der Waals surface area contributed by atoms with Gasteiger partial charge in [0.25, 0.3) is 0 Å². The van der Waals surface area contributed by atoms with Gasteiger partial charge in [0, 0.05) is 18.8 Å². The van der Waals surface area contributed by atoms with Crippen molar-refractivity contribution in [1.29, 1.82) is 0 Å². The highest BCUT2D eigenvalue weighted by atomic mass is 16.5. The number of nitrogens with one attached hydrogen (secondary N) is 1. The molecule has 1 saturated heterocycles. The summed E-state index contributed by atoms with van der Waals surface area (Å²) in [5, 5.41) is 3.52. The van der Waals surface area contributed by atoms with Gasteiger partial charge in [0.15, 0.2) is 0 Å². The lowest BCUT2D eigenvalue weighted by Crippen LogP contribution is -2.09. The van der Waals surface area contributed by atoms with Crippen molar-refractivity contribution in [1.82, 2.24) is 0 Å². The molecule has 0 bridgehead atoms. The van der Waals surface area contributed by atoms with Gasteiger partial charge in [-0.1, -0.05) is 12.1 Å². The fourth-order valence-electron chi connectivity index (χ4n) is 2.35. The third kappa shape index (κ3) is 3.74. The van der Waals surface area contributed by atoms with Gasteiger partial charge in [-0.3, -0.25) is 0 Å². The predicted molar refractivity (Wildman–Crippen MR) is 72.6 cm³/mol. The van der Waals surface area contributed by atoms with Crippen LogP contribution in [0.25, 0.3) is 0 Å². The zero-order chi connectivity index (χ0) is 12.1. The van der Waals surface area contributed by atoms with Crippen LogP contribution in [0, 0.1) is 13.8 Å². The monoisotopic (exact) mass is 233 g/mol. The number of rotatable bonds is 5. The summed E-state index contributed by atoms with van der Waals surface area (Å²) >= 11 is 0. The largest absolute Gasteiger partial charge is 0.385 e. The summed E-state index contributed by atoms with van der Waals surface area (Å²) in [6.07, 6.45) is 5.41. The van der Waals surface area contributed by atoms with Crippen LogP contribution < -0.4 is 5.32 Å². The maximum Gasteiger partial charge on any atom is 0.0576 e. The van der Waals surface area contributed by atoms with E-state index in [0.29, 0.717) is 6.10 Å². The Kier molecular flexibility index (Phi) is 4.43. The molecule has 1 aliphatic heterocycles. The molecule has 0 amide bonds. The zero-order valence-electron chi connectivity index (χ0n) is 11.0. The van der Waals surface area contributed by atoms with Crippen LogP contribution in [-0.4, -0.2) is 19.3 Å². The lowest BCUT2D eigenvalue weighted by atomic mass is 10.1. The van der Waals surface area contributed by atoms with Crippen LogP contribution in [0.2, 0.25) is 0 Å². The second-order valence-corrected chi connectivity index (χ2v) is 5.02. The van der Waals surface area contributed by atoms with Crippen LogP contribution in [0.15, 0.2) is 18.2 Å². The van der Waals surface area contributed by atoms with Gasteiger partial charge in [-0.15, -0.1) is 0 Å². The highest BCUT2D eigenvalue weighted by Gasteiger charge is 2.14. The Morgan fingerprint density at radius 2 is 2.24 bits per heavy atom. The minimum atomic E-state index is 0.524. The van der Waals surface area contributed by atoms with Crippen molar-refractivity contribution < 1.29 is 4.74 Å². The Hall–Kier alpha value is -1.02. The molecule has 1 atom stereocenters. The van der Waals surface area contributed by atoms with Gasteiger partial charge in [-0.05, 0) is 56.7 Å². The number of benzene rings is 1. The van der Waals surface area contributed by atoms with Crippen molar-refractivity contribution in [3.63, 3.8) is 0 Å². The van der Waals surface area contributed by atoms with Crippen molar-refractivity contribution in [3.05, 3.63) is 29.3 Å². The van der Waals surface area contributed by atoms with Crippen LogP contribution in [0.4, 0.5) is 5.69 Å². The van der Waals surface area contributed by atoms with E-state index < -0.39 is 0 Å². The van der Waals surface area contributed by atoms with Gasteiger partial charge < -0.3 is 10.1 Å². The maximum absolute atomic E-state index is 5.62. The molecule has 17 heavy (non-hydrogen) atoms. The van der Waals surface area contributed by atoms with E-state index in [1.807, 2.05) is 0 Å². The minimum Gasteiger partial charge on any atom is -0.385 e. The Labute approximate surface area is 104 Å². The van der Waals surface area contributed by atoms with Gasteiger partial charge >= 0.3 is 0 Å². The number of ether oxygens (including phenoxy) is 1. The van der Waals surface area contributed by atoms with E-state index in [1.165, 1.54) is 42.5 Å². The molecule has 0 aromatic heterocycles. The Morgan fingerprint density at radius 1 is 1.35 bits per heavy atom. The molecule has 1 aliphatic rings. The number of hydrogen-bond acceptors (Lipinski definition) is 2. The molecule has 1 fully saturated rings. The highest BCUT2D eigenvalue weighted by Crippen LogP contribution is 2.18. The van der Waals surface area contributed by atoms with Gasteiger partial charge in [-0.25, -0.2) is 0 Å². The van der Waals surface area contributed by atoms with Crippen LogP contribution in [-0.2, 0) is 4.74 Å². The molecule has 0 radical (unpaired) electrons. The third-order valence-electron chi connectivity index (χ3n) is 3.44. The summed E-state index contributed by atoms with van der Waals surface area (Å²) in [7, 11) is 0. The molecule has 1 aromatic carbocycles. The van der Waals surface area contributed by atoms with Gasteiger partial charge in [0.2, 0.25) is 0 Å². The highest BCUT2D eigenvalue weighted by molar-refractivity contribution is 5.52. The first-order valence-corrected chi connectivity index (χ1v) is 6.68. The summed E-state index contributed by atoms with van der Waals surface area (Å²) in [4.78, 5) is 0. The first-order chi connectivity index (χ1) is 8.25. The van der Waals surface area contributed by atoms with E-state index in [1.54, 1.807) is 0 Å². The standard InChI is InChI=1S/C15H23NO/c1-12-7-8-13(2)15(11-12)16-9-3-5-14-6-4-10-17-14/h7-8,11,14,16H,3-6,9-10H2,1-2H3. The summed E-state index contributed by atoms with van der Waals surface area (Å²) in [5.41, 5.74) is 3.92. The molecule has 2 nitrogen and oxygen atoms in total. The summed E-state index contributed by atoms with van der Waals surface area (Å²) < 4.78 is 5.62. The lowest BCUT2D eigenvalue weighted by molar-refractivity contribution is 0.103. The predicted octanol–water partition coefficient (Wildman–Crippen LogP) is 3.67. The van der Waals surface area contributed by atoms with E-state index in [4.69, 9.17) is 4.74 Å². The third-order valence-corrected chi connectivity index (χ3v) is 3.44. The molecule has 2 heteroatoms. The van der Waals surface area contributed by atoms with Crippen LogP contribution in [0.1, 0.15) is 36.8 Å². The molecular weight excluding hydrogens is 210 g/mol. The molecule has 0 spiro atoms. The Bertz CT molecular complexity index is 356. The Balaban J connectivity index is 1.72. The fourth-order valence-corrected chi connectivity index (χ4v) is 2.35. The molecule has 0 saturated carbocycles. The number of hydrogen-bond donors (Lipinski definition) is 1.